The van der Waals surface area contributed by atoms with Gasteiger partial charge in [0.25, 0.3) is 5.91 Å². The van der Waals surface area contributed by atoms with Crippen molar-refractivity contribution < 1.29 is 22.4 Å². The molecule has 0 saturated heterocycles. The van der Waals surface area contributed by atoms with E-state index in [-0.39, 0.29) is 11.4 Å². The lowest BCUT2D eigenvalue weighted by Crippen LogP contribution is -2.41. The van der Waals surface area contributed by atoms with Crippen LogP contribution >= 0.6 is 15.9 Å². The highest BCUT2D eigenvalue weighted by atomic mass is 79.9. The van der Waals surface area contributed by atoms with E-state index in [9.17, 15) is 22.4 Å². The maximum Gasteiger partial charge on any atom is 0.324 e. The van der Waals surface area contributed by atoms with Gasteiger partial charge in [0.1, 0.15) is 5.82 Å². The number of anilines is 1. The molecule has 0 atom stereocenters. The van der Waals surface area contributed by atoms with Crippen LogP contribution in [0.25, 0.3) is 0 Å². The zero-order valence-corrected chi connectivity index (χ0v) is 12.7. The number of hydrogen-bond acceptors (Lipinski definition) is 3. The third kappa shape index (κ3) is 5.14. The van der Waals surface area contributed by atoms with E-state index in [4.69, 9.17) is 0 Å². The number of carbonyl (C=O) groups is 1. The third-order valence-electron chi connectivity index (χ3n) is 2.45. The first kappa shape index (κ1) is 17.7. The van der Waals surface area contributed by atoms with Crippen molar-refractivity contribution in [2.24, 2.45) is 0 Å². The minimum Gasteiger partial charge on any atom is -0.369 e. The standard InChI is InChI=1S/C12H14BrF4N3O/c1-2-3-18-9-8(4-7(13)5-19-9)10(21)20-6-12(16,17)11(14)15/h4-5,11H,2-3,6H2,1H3,(H,18,19)(H,20,21). The Balaban J connectivity index is 2.83. The molecule has 118 valence electrons. The van der Waals surface area contributed by atoms with E-state index in [1.54, 1.807) is 5.32 Å². The van der Waals surface area contributed by atoms with E-state index in [1.807, 2.05) is 6.92 Å². The van der Waals surface area contributed by atoms with Crippen molar-refractivity contribution in [3.05, 3.63) is 22.3 Å². The van der Waals surface area contributed by atoms with Crippen LogP contribution in [0, 0.1) is 0 Å². The SMILES string of the molecule is CCCNc1ncc(Br)cc1C(=O)NCC(F)(F)C(F)F. The van der Waals surface area contributed by atoms with E-state index >= 15 is 0 Å². The molecule has 0 saturated carbocycles. The topological polar surface area (TPSA) is 54.0 Å². The number of rotatable bonds is 7. The number of halogens is 5. The zero-order chi connectivity index (χ0) is 16.0. The Morgan fingerprint density at radius 3 is 2.71 bits per heavy atom. The zero-order valence-electron chi connectivity index (χ0n) is 11.1. The summed E-state index contributed by atoms with van der Waals surface area (Å²) >= 11 is 3.11. The van der Waals surface area contributed by atoms with Crippen LogP contribution in [-0.2, 0) is 0 Å². The van der Waals surface area contributed by atoms with Gasteiger partial charge in [-0.3, -0.25) is 4.79 Å². The fourth-order valence-electron chi connectivity index (χ4n) is 1.37. The summed E-state index contributed by atoms with van der Waals surface area (Å²) in [6, 6.07) is 1.38. The predicted octanol–water partition coefficient (Wildman–Crippen LogP) is 3.30. The molecule has 9 heteroatoms. The van der Waals surface area contributed by atoms with Crippen LogP contribution in [-0.4, -0.2) is 36.3 Å². The number of hydrogen-bond donors (Lipinski definition) is 2. The molecule has 0 unspecified atom stereocenters. The van der Waals surface area contributed by atoms with Gasteiger partial charge in [-0.15, -0.1) is 0 Å². The van der Waals surface area contributed by atoms with Gasteiger partial charge in [-0.2, -0.15) is 8.78 Å². The second-order valence-corrected chi connectivity index (χ2v) is 5.14. The highest BCUT2D eigenvalue weighted by Gasteiger charge is 2.41. The summed E-state index contributed by atoms with van der Waals surface area (Å²) < 4.78 is 50.2. The molecule has 0 spiro atoms. The number of nitrogens with one attached hydrogen (secondary N) is 2. The number of carbonyl (C=O) groups excluding carboxylic acids is 1. The summed E-state index contributed by atoms with van der Waals surface area (Å²) in [5, 5.41) is 4.66. The Hall–Kier alpha value is -1.38. The second kappa shape index (κ2) is 7.58. The van der Waals surface area contributed by atoms with Crippen molar-refractivity contribution in [2.75, 3.05) is 18.4 Å². The Morgan fingerprint density at radius 2 is 2.14 bits per heavy atom. The molecule has 1 rings (SSSR count). The molecule has 1 heterocycles. The Bertz CT molecular complexity index is 499. The molecule has 0 aliphatic rings. The molecule has 21 heavy (non-hydrogen) atoms. The molecule has 1 aromatic rings. The third-order valence-corrected chi connectivity index (χ3v) is 2.88. The molecule has 4 nitrogen and oxygen atoms in total. The van der Waals surface area contributed by atoms with Gasteiger partial charge in [0, 0.05) is 17.2 Å². The van der Waals surface area contributed by atoms with Crippen LogP contribution < -0.4 is 10.6 Å². The van der Waals surface area contributed by atoms with Gasteiger partial charge >= 0.3 is 12.3 Å². The molecular weight excluding hydrogens is 358 g/mol. The summed E-state index contributed by atoms with van der Waals surface area (Å²) in [5.74, 6) is -4.97. The molecule has 0 fully saturated rings. The molecule has 0 aromatic carbocycles. The number of nitrogens with zero attached hydrogens (tertiary/aromatic N) is 1. The molecule has 0 radical (unpaired) electrons. The first-order valence-corrected chi connectivity index (χ1v) is 6.90. The van der Waals surface area contributed by atoms with Gasteiger partial charge in [0.15, 0.2) is 0 Å². The Labute approximate surface area is 127 Å². The lowest BCUT2D eigenvalue weighted by atomic mass is 10.2. The van der Waals surface area contributed by atoms with Crippen LogP contribution in [0.2, 0.25) is 0 Å². The highest BCUT2D eigenvalue weighted by Crippen LogP contribution is 2.22. The van der Waals surface area contributed by atoms with Crippen molar-refractivity contribution in [3.8, 4) is 0 Å². The van der Waals surface area contributed by atoms with Gasteiger partial charge in [-0.05, 0) is 28.4 Å². The summed E-state index contributed by atoms with van der Waals surface area (Å²) in [5.41, 5.74) is 0.00268. The molecule has 0 bridgehead atoms. The molecule has 1 aromatic heterocycles. The lowest BCUT2D eigenvalue weighted by molar-refractivity contribution is -0.123. The van der Waals surface area contributed by atoms with Crippen molar-refractivity contribution in [3.63, 3.8) is 0 Å². The minimum atomic E-state index is -4.27. The van der Waals surface area contributed by atoms with E-state index < -0.39 is 24.8 Å². The van der Waals surface area contributed by atoms with Crippen molar-refractivity contribution in [2.45, 2.75) is 25.7 Å². The van der Waals surface area contributed by atoms with Crippen molar-refractivity contribution in [1.82, 2.24) is 10.3 Å². The van der Waals surface area contributed by atoms with E-state index in [0.717, 1.165) is 6.42 Å². The number of aromatic nitrogens is 1. The van der Waals surface area contributed by atoms with Gasteiger partial charge in [0.2, 0.25) is 0 Å². The second-order valence-electron chi connectivity index (χ2n) is 4.22. The number of pyridine rings is 1. The maximum absolute atomic E-state index is 12.8. The van der Waals surface area contributed by atoms with Gasteiger partial charge in [0.05, 0.1) is 12.1 Å². The van der Waals surface area contributed by atoms with Gasteiger partial charge < -0.3 is 10.6 Å². The van der Waals surface area contributed by atoms with E-state index in [1.165, 1.54) is 12.3 Å². The average Bonchev–Trinajstić information content (AvgIpc) is 2.43. The first-order valence-electron chi connectivity index (χ1n) is 6.11. The highest BCUT2D eigenvalue weighted by molar-refractivity contribution is 9.10. The average molecular weight is 372 g/mol. The monoisotopic (exact) mass is 371 g/mol. The molecule has 0 aliphatic carbocycles. The predicted molar refractivity (Wildman–Crippen MR) is 74.0 cm³/mol. The van der Waals surface area contributed by atoms with Crippen LogP contribution in [0.5, 0.6) is 0 Å². The summed E-state index contributed by atoms with van der Waals surface area (Å²) in [7, 11) is 0. The molecule has 1 amide bonds. The van der Waals surface area contributed by atoms with Crippen molar-refractivity contribution >= 4 is 27.7 Å². The molecule has 0 aliphatic heterocycles. The smallest absolute Gasteiger partial charge is 0.324 e. The first-order chi connectivity index (χ1) is 9.77. The van der Waals surface area contributed by atoms with Crippen LogP contribution in [0.15, 0.2) is 16.7 Å². The van der Waals surface area contributed by atoms with E-state index in [0.29, 0.717) is 11.0 Å². The van der Waals surface area contributed by atoms with Crippen LogP contribution in [0.1, 0.15) is 23.7 Å². The molecule has 2 N–H and O–H groups in total. The lowest BCUT2D eigenvalue weighted by Gasteiger charge is -2.16. The van der Waals surface area contributed by atoms with Crippen LogP contribution in [0.4, 0.5) is 23.4 Å². The molecular formula is C12H14BrF4N3O. The van der Waals surface area contributed by atoms with Gasteiger partial charge in [-0.1, -0.05) is 6.92 Å². The fraction of sp³-hybridized carbons (Fsp3) is 0.500. The van der Waals surface area contributed by atoms with Crippen molar-refractivity contribution in [1.29, 1.82) is 0 Å². The minimum absolute atomic E-state index is 0.00268. The van der Waals surface area contributed by atoms with Crippen LogP contribution in [0.3, 0.4) is 0 Å². The number of amides is 1. The quantitative estimate of drug-likeness (QED) is 0.723. The Kier molecular flexibility index (Phi) is 6.38. The number of alkyl halides is 4. The van der Waals surface area contributed by atoms with Gasteiger partial charge in [-0.25, -0.2) is 13.8 Å². The van der Waals surface area contributed by atoms with E-state index in [2.05, 4.69) is 26.2 Å². The summed E-state index contributed by atoms with van der Waals surface area (Å²) in [6.45, 7) is 0.986. The normalized spacial score (nSPS) is 11.6. The maximum atomic E-state index is 12.8. The fourth-order valence-corrected chi connectivity index (χ4v) is 1.70. The largest absolute Gasteiger partial charge is 0.369 e. The summed E-state index contributed by atoms with van der Waals surface area (Å²) in [4.78, 5) is 15.8. The Morgan fingerprint density at radius 1 is 1.48 bits per heavy atom. The summed E-state index contributed by atoms with van der Waals surface area (Å²) in [6.07, 6.45) is -1.64.